The number of fused-ring (bicyclic) bond motifs is 5. The van der Waals surface area contributed by atoms with Crippen LogP contribution in [0.2, 0.25) is 0 Å². The predicted octanol–water partition coefficient (Wildman–Crippen LogP) is 4.31. The Morgan fingerprint density at radius 3 is 2.83 bits per heavy atom. The Morgan fingerprint density at radius 1 is 1.22 bits per heavy atom. The summed E-state index contributed by atoms with van der Waals surface area (Å²) in [5.74, 6) is 2.57. The second kappa shape index (κ2) is 5.59. The molecule has 3 fully saturated rings. The molecular weight excluding hydrogens is 284 g/mol. The van der Waals surface area contributed by atoms with Crippen molar-refractivity contribution in [2.45, 2.75) is 77.7 Å². The van der Waals surface area contributed by atoms with E-state index in [0.717, 1.165) is 18.8 Å². The van der Waals surface area contributed by atoms with Crippen molar-refractivity contribution in [1.82, 2.24) is 0 Å². The summed E-state index contributed by atoms with van der Waals surface area (Å²) in [6, 6.07) is 0. The molecular formula is C21H34O2. The fourth-order valence-electron chi connectivity index (χ4n) is 7.61. The van der Waals surface area contributed by atoms with Crippen LogP contribution in [0.5, 0.6) is 0 Å². The molecule has 0 aliphatic heterocycles. The number of hydrogen-bond acceptors (Lipinski definition) is 2. The van der Waals surface area contributed by atoms with Crippen molar-refractivity contribution in [1.29, 1.82) is 0 Å². The summed E-state index contributed by atoms with van der Waals surface area (Å²) in [5, 5.41) is 20.7. The van der Waals surface area contributed by atoms with Crippen molar-refractivity contribution in [3.8, 4) is 0 Å². The highest BCUT2D eigenvalue weighted by atomic mass is 16.3. The van der Waals surface area contributed by atoms with E-state index < -0.39 is 0 Å². The van der Waals surface area contributed by atoms with Crippen molar-refractivity contribution < 1.29 is 10.2 Å². The molecule has 2 N–H and O–H groups in total. The summed E-state index contributed by atoms with van der Waals surface area (Å²) in [4.78, 5) is 0. The van der Waals surface area contributed by atoms with E-state index in [-0.39, 0.29) is 16.9 Å². The lowest BCUT2D eigenvalue weighted by Crippen LogP contribution is -2.56. The average Bonchev–Trinajstić information content (AvgIpc) is 2.83. The lowest BCUT2D eigenvalue weighted by Gasteiger charge is -2.60. The van der Waals surface area contributed by atoms with Gasteiger partial charge in [-0.2, -0.15) is 0 Å². The van der Waals surface area contributed by atoms with Crippen LogP contribution < -0.4 is 0 Å². The number of hydrogen-bond donors (Lipinski definition) is 2. The van der Waals surface area contributed by atoms with Crippen LogP contribution in [0.15, 0.2) is 11.6 Å². The molecule has 0 unspecified atom stereocenters. The maximum absolute atomic E-state index is 11.2. The third kappa shape index (κ3) is 2.20. The first-order chi connectivity index (χ1) is 11.0. The Morgan fingerprint density at radius 2 is 2.04 bits per heavy atom. The lowest BCUT2D eigenvalue weighted by molar-refractivity contribution is -0.129. The van der Waals surface area contributed by atoms with Crippen LogP contribution in [0, 0.1) is 34.5 Å². The van der Waals surface area contributed by atoms with E-state index in [1.54, 1.807) is 5.57 Å². The van der Waals surface area contributed by atoms with Gasteiger partial charge >= 0.3 is 0 Å². The minimum atomic E-state index is -0.146. The molecule has 4 rings (SSSR count). The highest BCUT2D eigenvalue weighted by Gasteiger charge is 2.61. The quantitative estimate of drug-likeness (QED) is 0.745. The van der Waals surface area contributed by atoms with Crippen LogP contribution in [0.1, 0.15) is 71.6 Å². The standard InChI is InChI=1S/C21H34O2/c1-20-11-4-3-5-14(20)6-8-16-17-9-7-15(10-12-22)21(17,2)13-18(23)19(16)20/h5,15-19,22-23H,3-4,6-13H2,1-2H3/t15-,16+,17+,18-,19-,20+,21-/m1/s1. The summed E-state index contributed by atoms with van der Waals surface area (Å²) in [6.07, 6.45) is 13.2. The topological polar surface area (TPSA) is 40.5 Å². The van der Waals surface area contributed by atoms with E-state index in [2.05, 4.69) is 19.9 Å². The molecule has 2 nitrogen and oxygen atoms in total. The average molecular weight is 319 g/mol. The van der Waals surface area contributed by atoms with Gasteiger partial charge in [0, 0.05) is 6.61 Å². The minimum Gasteiger partial charge on any atom is -0.396 e. The largest absolute Gasteiger partial charge is 0.396 e. The third-order valence-corrected chi connectivity index (χ3v) is 8.63. The first-order valence-corrected chi connectivity index (χ1v) is 9.99. The number of aliphatic hydroxyl groups excluding tert-OH is 2. The van der Waals surface area contributed by atoms with Gasteiger partial charge in [0.2, 0.25) is 0 Å². The van der Waals surface area contributed by atoms with Gasteiger partial charge in [-0.25, -0.2) is 0 Å². The SMILES string of the molecule is C[C@]12C[C@@H](O)[C@H]3[C@@H](CCC4=CCCC[C@@]43C)[C@@H]1CC[C@@H]2CCO. The molecule has 0 spiro atoms. The minimum absolute atomic E-state index is 0.146. The lowest BCUT2D eigenvalue weighted by atomic mass is 9.46. The van der Waals surface area contributed by atoms with Crippen molar-refractivity contribution in [3.63, 3.8) is 0 Å². The summed E-state index contributed by atoms with van der Waals surface area (Å²) >= 11 is 0. The molecule has 0 aromatic carbocycles. The fourth-order valence-corrected chi connectivity index (χ4v) is 7.61. The zero-order chi connectivity index (χ0) is 16.2. The molecule has 0 aromatic heterocycles. The monoisotopic (exact) mass is 318 g/mol. The van der Waals surface area contributed by atoms with Crippen LogP contribution in [0.4, 0.5) is 0 Å². The Labute approximate surface area is 141 Å². The van der Waals surface area contributed by atoms with E-state index in [4.69, 9.17) is 0 Å². The molecule has 3 saturated carbocycles. The Balaban J connectivity index is 1.68. The fraction of sp³-hybridized carbons (Fsp3) is 0.905. The van der Waals surface area contributed by atoms with Crippen molar-refractivity contribution in [2.24, 2.45) is 34.5 Å². The first-order valence-electron chi connectivity index (χ1n) is 9.99. The van der Waals surface area contributed by atoms with Gasteiger partial charge in [0.15, 0.2) is 0 Å². The number of aliphatic hydroxyl groups is 2. The van der Waals surface area contributed by atoms with Gasteiger partial charge in [-0.05, 0) is 92.3 Å². The smallest absolute Gasteiger partial charge is 0.0584 e. The van der Waals surface area contributed by atoms with E-state index in [0.29, 0.717) is 24.4 Å². The van der Waals surface area contributed by atoms with Gasteiger partial charge in [0.1, 0.15) is 0 Å². The summed E-state index contributed by atoms with van der Waals surface area (Å²) in [5.41, 5.74) is 2.18. The van der Waals surface area contributed by atoms with Gasteiger partial charge in [-0.3, -0.25) is 0 Å². The maximum Gasteiger partial charge on any atom is 0.0584 e. The van der Waals surface area contributed by atoms with E-state index >= 15 is 0 Å². The molecule has 0 bridgehead atoms. The van der Waals surface area contributed by atoms with Crippen LogP contribution in [0.25, 0.3) is 0 Å². The second-order valence-corrected chi connectivity index (χ2v) is 9.44. The molecule has 0 radical (unpaired) electrons. The molecule has 130 valence electrons. The molecule has 0 heterocycles. The Hall–Kier alpha value is -0.340. The van der Waals surface area contributed by atoms with Crippen LogP contribution >= 0.6 is 0 Å². The highest BCUT2D eigenvalue weighted by molar-refractivity contribution is 5.25. The first kappa shape index (κ1) is 16.1. The van der Waals surface area contributed by atoms with E-state index in [9.17, 15) is 10.2 Å². The molecule has 0 saturated heterocycles. The second-order valence-electron chi connectivity index (χ2n) is 9.44. The van der Waals surface area contributed by atoms with Crippen LogP contribution in [-0.4, -0.2) is 22.9 Å². The van der Waals surface area contributed by atoms with Crippen molar-refractivity contribution >= 4 is 0 Å². The molecule has 7 atom stereocenters. The van der Waals surface area contributed by atoms with Gasteiger partial charge in [0.25, 0.3) is 0 Å². The zero-order valence-electron chi connectivity index (χ0n) is 14.9. The van der Waals surface area contributed by atoms with Crippen LogP contribution in [0.3, 0.4) is 0 Å². The zero-order valence-corrected chi connectivity index (χ0v) is 14.9. The number of rotatable bonds is 2. The predicted molar refractivity (Wildman–Crippen MR) is 92.9 cm³/mol. The third-order valence-electron chi connectivity index (χ3n) is 8.63. The van der Waals surface area contributed by atoms with Crippen LogP contribution in [-0.2, 0) is 0 Å². The van der Waals surface area contributed by atoms with Gasteiger partial charge < -0.3 is 10.2 Å². The Bertz CT molecular complexity index is 498. The molecule has 4 aliphatic carbocycles. The maximum atomic E-state index is 11.2. The summed E-state index contributed by atoms with van der Waals surface area (Å²) in [7, 11) is 0. The highest BCUT2D eigenvalue weighted by Crippen LogP contribution is 2.67. The van der Waals surface area contributed by atoms with Crippen molar-refractivity contribution in [3.05, 3.63) is 11.6 Å². The van der Waals surface area contributed by atoms with Gasteiger partial charge in [-0.15, -0.1) is 0 Å². The van der Waals surface area contributed by atoms with Gasteiger partial charge in [0.05, 0.1) is 6.10 Å². The molecule has 0 amide bonds. The number of allylic oxidation sites excluding steroid dienone is 2. The molecule has 23 heavy (non-hydrogen) atoms. The molecule has 4 aliphatic rings. The normalized spacial score (nSPS) is 52.3. The van der Waals surface area contributed by atoms with Gasteiger partial charge in [-0.1, -0.05) is 25.5 Å². The summed E-state index contributed by atoms with van der Waals surface area (Å²) < 4.78 is 0. The summed E-state index contributed by atoms with van der Waals surface area (Å²) in [6.45, 7) is 5.20. The molecule has 0 aromatic rings. The van der Waals surface area contributed by atoms with E-state index in [1.807, 2.05) is 0 Å². The van der Waals surface area contributed by atoms with Crippen molar-refractivity contribution in [2.75, 3.05) is 6.61 Å². The van der Waals surface area contributed by atoms with E-state index in [1.165, 1.54) is 44.9 Å². The molecule has 2 heteroatoms. The Kier molecular flexibility index (Phi) is 3.93.